The molecular formula is C16H14ClNO2S. The van der Waals surface area contributed by atoms with Crippen molar-refractivity contribution in [3.8, 4) is 0 Å². The molecule has 0 radical (unpaired) electrons. The van der Waals surface area contributed by atoms with E-state index in [-0.39, 0.29) is 4.90 Å². The van der Waals surface area contributed by atoms with Crippen LogP contribution in [0.2, 0.25) is 5.02 Å². The van der Waals surface area contributed by atoms with Crippen molar-refractivity contribution in [2.75, 3.05) is 0 Å². The minimum atomic E-state index is -3.61. The number of fused-ring (bicyclic) bond motifs is 1. The van der Waals surface area contributed by atoms with Gasteiger partial charge in [0.05, 0.1) is 10.4 Å². The van der Waals surface area contributed by atoms with E-state index >= 15 is 0 Å². The monoisotopic (exact) mass is 319 g/mol. The van der Waals surface area contributed by atoms with Crippen molar-refractivity contribution in [1.29, 1.82) is 0 Å². The van der Waals surface area contributed by atoms with Gasteiger partial charge >= 0.3 is 0 Å². The summed E-state index contributed by atoms with van der Waals surface area (Å²) in [5, 5.41) is 1.41. The standard InChI is InChI=1S/C16H14ClNO2S/c1-11-3-6-15(7-4-11)21(19,20)18-12(2)9-13-10-14(17)5-8-16(13)18/h3-10H,1-2H3. The molecular weight excluding hydrogens is 306 g/mol. The molecule has 5 heteroatoms. The van der Waals surface area contributed by atoms with Gasteiger partial charge in [0.1, 0.15) is 0 Å². The fourth-order valence-corrected chi connectivity index (χ4v) is 4.16. The van der Waals surface area contributed by atoms with Crippen LogP contribution in [0.3, 0.4) is 0 Å². The lowest BCUT2D eigenvalue weighted by Crippen LogP contribution is -2.14. The molecule has 3 nitrogen and oxygen atoms in total. The Morgan fingerprint density at radius 1 is 0.952 bits per heavy atom. The lowest BCUT2D eigenvalue weighted by atomic mass is 10.2. The third-order valence-electron chi connectivity index (χ3n) is 3.45. The van der Waals surface area contributed by atoms with Gasteiger partial charge in [-0.1, -0.05) is 29.3 Å². The summed E-state index contributed by atoms with van der Waals surface area (Å²) in [5.74, 6) is 0. The summed E-state index contributed by atoms with van der Waals surface area (Å²) in [7, 11) is -3.61. The number of aryl methyl sites for hydroxylation is 2. The molecule has 21 heavy (non-hydrogen) atoms. The van der Waals surface area contributed by atoms with Crippen LogP contribution in [-0.2, 0) is 10.0 Å². The molecule has 0 spiro atoms. The first-order valence-electron chi connectivity index (χ1n) is 6.49. The SMILES string of the molecule is Cc1ccc(S(=O)(=O)n2c(C)cc3cc(Cl)ccc32)cc1. The number of nitrogens with zero attached hydrogens (tertiary/aromatic N) is 1. The smallest absolute Gasteiger partial charge is 0.238 e. The van der Waals surface area contributed by atoms with Gasteiger partial charge in [-0.15, -0.1) is 0 Å². The quantitative estimate of drug-likeness (QED) is 0.712. The summed E-state index contributed by atoms with van der Waals surface area (Å²) in [6, 6.07) is 13.9. The molecule has 0 fully saturated rings. The van der Waals surface area contributed by atoms with Gasteiger partial charge in [-0.3, -0.25) is 0 Å². The lowest BCUT2D eigenvalue weighted by Gasteiger charge is -2.10. The van der Waals surface area contributed by atoms with Crippen molar-refractivity contribution in [2.24, 2.45) is 0 Å². The summed E-state index contributed by atoms with van der Waals surface area (Å²) < 4.78 is 27.1. The maximum Gasteiger partial charge on any atom is 0.268 e. The maximum absolute atomic E-state index is 12.9. The second-order valence-electron chi connectivity index (χ2n) is 5.07. The van der Waals surface area contributed by atoms with Gasteiger partial charge in [0.25, 0.3) is 10.0 Å². The summed E-state index contributed by atoms with van der Waals surface area (Å²) in [5.41, 5.74) is 2.32. The third kappa shape index (κ3) is 2.34. The van der Waals surface area contributed by atoms with E-state index in [4.69, 9.17) is 11.6 Å². The van der Waals surface area contributed by atoms with Crippen LogP contribution < -0.4 is 0 Å². The summed E-state index contributed by atoms with van der Waals surface area (Å²) in [4.78, 5) is 0.281. The van der Waals surface area contributed by atoms with E-state index in [9.17, 15) is 8.42 Å². The van der Waals surface area contributed by atoms with Gasteiger partial charge in [0.15, 0.2) is 0 Å². The van der Waals surface area contributed by atoms with Gasteiger partial charge in [-0.2, -0.15) is 0 Å². The Morgan fingerprint density at radius 2 is 1.62 bits per heavy atom. The minimum Gasteiger partial charge on any atom is -0.238 e. The van der Waals surface area contributed by atoms with Gasteiger partial charge in [0, 0.05) is 16.1 Å². The highest BCUT2D eigenvalue weighted by molar-refractivity contribution is 7.90. The minimum absolute atomic E-state index is 0.281. The van der Waals surface area contributed by atoms with Crippen LogP contribution in [0, 0.1) is 13.8 Å². The van der Waals surface area contributed by atoms with Gasteiger partial charge in [-0.25, -0.2) is 12.4 Å². The molecule has 0 amide bonds. The second kappa shape index (κ2) is 4.90. The Hall–Kier alpha value is -1.78. The first-order valence-corrected chi connectivity index (χ1v) is 8.31. The Balaban J connectivity index is 2.28. The first kappa shape index (κ1) is 14.2. The second-order valence-corrected chi connectivity index (χ2v) is 7.29. The van der Waals surface area contributed by atoms with E-state index in [1.54, 1.807) is 49.4 Å². The van der Waals surface area contributed by atoms with Crippen molar-refractivity contribution in [3.05, 3.63) is 64.8 Å². The number of hydrogen-bond acceptors (Lipinski definition) is 2. The number of halogens is 1. The molecule has 0 saturated heterocycles. The third-order valence-corrected chi connectivity index (χ3v) is 5.52. The fraction of sp³-hybridized carbons (Fsp3) is 0.125. The van der Waals surface area contributed by atoms with Crippen LogP contribution in [0.4, 0.5) is 0 Å². The average Bonchev–Trinajstić information content (AvgIpc) is 2.74. The van der Waals surface area contributed by atoms with E-state index in [1.807, 2.05) is 13.0 Å². The summed E-state index contributed by atoms with van der Waals surface area (Å²) in [6.07, 6.45) is 0. The van der Waals surface area contributed by atoms with Crippen LogP contribution in [0.15, 0.2) is 53.4 Å². The molecule has 3 aromatic rings. The highest BCUT2D eigenvalue weighted by atomic mass is 35.5. The van der Waals surface area contributed by atoms with Crippen molar-refractivity contribution < 1.29 is 8.42 Å². The number of rotatable bonds is 2. The molecule has 0 saturated carbocycles. The highest BCUT2D eigenvalue weighted by Gasteiger charge is 2.21. The van der Waals surface area contributed by atoms with Crippen LogP contribution in [0.5, 0.6) is 0 Å². The fourth-order valence-electron chi connectivity index (χ4n) is 2.43. The Labute approximate surface area is 128 Å². The van der Waals surface area contributed by atoms with Gasteiger partial charge in [0.2, 0.25) is 0 Å². The van der Waals surface area contributed by atoms with Gasteiger partial charge < -0.3 is 0 Å². The van der Waals surface area contributed by atoms with E-state index in [0.717, 1.165) is 10.9 Å². The average molecular weight is 320 g/mol. The van der Waals surface area contributed by atoms with Crippen molar-refractivity contribution >= 4 is 32.5 Å². The predicted molar refractivity (Wildman–Crippen MR) is 85.4 cm³/mol. The summed E-state index contributed by atoms with van der Waals surface area (Å²) >= 11 is 5.97. The van der Waals surface area contributed by atoms with Crippen molar-refractivity contribution in [2.45, 2.75) is 18.7 Å². The van der Waals surface area contributed by atoms with E-state index in [1.165, 1.54) is 3.97 Å². The topological polar surface area (TPSA) is 39.1 Å². The lowest BCUT2D eigenvalue weighted by molar-refractivity contribution is 0.588. The molecule has 0 N–H and O–H groups in total. The molecule has 108 valence electrons. The van der Waals surface area contributed by atoms with E-state index in [0.29, 0.717) is 16.2 Å². The molecule has 2 aromatic carbocycles. The van der Waals surface area contributed by atoms with E-state index < -0.39 is 10.0 Å². The molecule has 3 rings (SSSR count). The zero-order chi connectivity index (χ0) is 15.2. The van der Waals surface area contributed by atoms with Crippen molar-refractivity contribution in [1.82, 2.24) is 3.97 Å². The molecule has 0 aliphatic rings. The molecule has 0 unspecified atom stereocenters. The Morgan fingerprint density at radius 3 is 2.29 bits per heavy atom. The van der Waals surface area contributed by atoms with Crippen LogP contribution in [0.1, 0.15) is 11.3 Å². The van der Waals surface area contributed by atoms with Crippen LogP contribution >= 0.6 is 11.6 Å². The maximum atomic E-state index is 12.9. The molecule has 0 aliphatic carbocycles. The molecule has 1 aromatic heterocycles. The predicted octanol–water partition coefficient (Wildman–Crippen LogP) is 4.15. The summed E-state index contributed by atoms with van der Waals surface area (Å²) in [6.45, 7) is 3.70. The van der Waals surface area contributed by atoms with Crippen molar-refractivity contribution in [3.63, 3.8) is 0 Å². The number of benzene rings is 2. The highest BCUT2D eigenvalue weighted by Crippen LogP contribution is 2.27. The first-order chi connectivity index (χ1) is 9.89. The molecule has 0 aliphatic heterocycles. The largest absolute Gasteiger partial charge is 0.268 e. The molecule has 0 atom stereocenters. The Kier molecular flexibility index (Phi) is 3.30. The zero-order valence-corrected chi connectivity index (χ0v) is 13.2. The molecule has 1 heterocycles. The van der Waals surface area contributed by atoms with E-state index in [2.05, 4.69) is 0 Å². The normalized spacial score (nSPS) is 12.0. The zero-order valence-electron chi connectivity index (χ0n) is 11.7. The van der Waals surface area contributed by atoms with Crippen LogP contribution in [0.25, 0.3) is 10.9 Å². The number of hydrogen-bond donors (Lipinski definition) is 0. The molecule has 0 bridgehead atoms. The Bertz CT molecular complexity index is 925. The van der Waals surface area contributed by atoms with Crippen LogP contribution in [-0.4, -0.2) is 12.4 Å². The number of aromatic nitrogens is 1. The van der Waals surface area contributed by atoms with Gasteiger partial charge in [-0.05, 0) is 50.2 Å².